The van der Waals surface area contributed by atoms with Gasteiger partial charge in [-0.2, -0.15) is 0 Å². The fourth-order valence-corrected chi connectivity index (χ4v) is 1.41. The first-order valence-corrected chi connectivity index (χ1v) is 5.26. The van der Waals surface area contributed by atoms with Crippen LogP contribution in [0.1, 0.15) is 49.3 Å². The summed E-state index contributed by atoms with van der Waals surface area (Å²) >= 11 is 0. The Kier molecular flexibility index (Phi) is 3.88. The van der Waals surface area contributed by atoms with Crippen LogP contribution < -0.4 is 0 Å². The summed E-state index contributed by atoms with van der Waals surface area (Å²) in [6, 6.07) is 0. The second kappa shape index (κ2) is 4.96. The predicted octanol–water partition coefficient (Wildman–Crippen LogP) is 2.52. The van der Waals surface area contributed by atoms with Crippen LogP contribution in [-0.4, -0.2) is 16.1 Å². The van der Waals surface area contributed by atoms with Crippen LogP contribution in [0.3, 0.4) is 0 Å². The summed E-state index contributed by atoms with van der Waals surface area (Å²) in [5, 5.41) is 8.93. The van der Waals surface area contributed by atoms with Gasteiger partial charge in [-0.1, -0.05) is 20.8 Å². The minimum Gasteiger partial charge on any atom is -0.475 e. The molecule has 0 aromatic carbocycles. The molecule has 1 aromatic heterocycles. The lowest BCUT2D eigenvalue weighted by Gasteiger charge is -1.99. The molecule has 0 radical (unpaired) electrons. The van der Waals surface area contributed by atoms with Crippen molar-refractivity contribution in [3.05, 3.63) is 17.3 Å². The standard InChI is InChI=1S/C11H17NO3/c1-4-5-9-12-8(6-7(2)3)10(15-9)11(13)14/h7H,4-6H2,1-3H3,(H,13,14). The summed E-state index contributed by atoms with van der Waals surface area (Å²) in [6.07, 6.45) is 2.24. The van der Waals surface area contributed by atoms with E-state index in [1.54, 1.807) is 0 Å². The molecule has 1 heterocycles. The van der Waals surface area contributed by atoms with E-state index in [2.05, 4.69) is 4.98 Å². The first-order chi connectivity index (χ1) is 7.04. The summed E-state index contributed by atoms with van der Waals surface area (Å²) in [5.74, 6) is -0.110. The molecular formula is C11H17NO3. The lowest BCUT2D eigenvalue weighted by molar-refractivity contribution is 0.0658. The number of carboxylic acids is 1. The number of carbonyl (C=O) groups is 1. The van der Waals surface area contributed by atoms with Crippen LogP contribution >= 0.6 is 0 Å². The number of nitrogens with zero attached hydrogens (tertiary/aromatic N) is 1. The highest BCUT2D eigenvalue weighted by molar-refractivity contribution is 5.85. The molecule has 15 heavy (non-hydrogen) atoms. The van der Waals surface area contributed by atoms with Crippen LogP contribution in [0.5, 0.6) is 0 Å². The molecule has 0 amide bonds. The maximum absolute atomic E-state index is 10.9. The van der Waals surface area contributed by atoms with Crippen LogP contribution in [0, 0.1) is 5.92 Å². The van der Waals surface area contributed by atoms with Crippen molar-refractivity contribution in [2.24, 2.45) is 5.92 Å². The fourth-order valence-electron chi connectivity index (χ4n) is 1.41. The van der Waals surface area contributed by atoms with E-state index in [0.29, 0.717) is 30.3 Å². The molecule has 0 saturated carbocycles. The first kappa shape index (κ1) is 11.8. The molecule has 0 atom stereocenters. The third-order valence-electron chi connectivity index (χ3n) is 2.00. The number of aromatic carboxylic acids is 1. The molecule has 1 N–H and O–H groups in total. The van der Waals surface area contributed by atoms with Crippen LogP contribution in [-0.2, 0) is 12.8 Å². The molecule has 0 aliphatic carbocycles. The van der Waals surface area contributed by atoms with Gasteiger partial charge in [0.2, 0.25) is 5.76 Å². The minimum atomic E-state index is -1.03. The molecule has 1 rings (SSSR count). The SMILES string of the molecule is CCCc1nc(CC(C)C)c(C(=O)O)o1. The van der Waals surface area contributed by atoms with E-state index in [0.717, 1.165) is 6.42 Å². The van der Waals surface area contributed by atoms with E-state index >= 15 is 0 Å². The Morgan fingerprint density at radius 3 is 2.67 bits per heavy atom. The Hall–Kier alpha value is -1.32. The molecule has 4 heteroatoms. The topological polar surface area (TPSA) is 63.3 Å². The third-order valence-corrected chi connectivity index (χ3v) is 2.00. The van der Waals surface area contributed by atoms with Crippen molar-refractivity contribution < 1.29 is 14.3 Å². The largest absolute Gasteiger partial charge is 0.475 e. The quantitative estimate of drug-likeness (QED) is 0.812. The van der Waals surface area contributed by atoms with Crippen molar-refractivity contribution in [3.8, 4) is 0 Å². The first-order valence-electron chi connectivity index (χ1n) is 5.26. The van der Waals surface area contributed by atoms with Gasteiger partial charge in [-0.25, -0.2) is 9.78 Å². The molecule has 0 fully saturated rings. The Morgan fingerprint density at radius 1 is 1.53 bits per heavy atom. The van der Waals surface area contributed by atoms with Crippen LogP contribution in [0.25, 0.3) is 0 Å². The van der Waals surface area contributed by atoms with Gasteiger partial charge < -0.3 is 9.52 Å². The van der Waals surface area contributed by atoms with E-state index in [1.165, 1.54) is 0 Å². The predicted molar refractivity (Wildman–Crippen MR) is 56.0 cm³/mol. The molecule has 0 aliphatic heterocycles. The van der Waals surface area contributed by atoms with Gasteiger partial charge in [0.15, 0.2) is 5.89 Å². The van der Waals surface area contributed by atoms with Gasteiger partial charge in [-0.05, 0) is 18.8 Å². The van der Waals surface area contributed by atoms with Gasteiger partial charge in [-0.15, -0.1) is 0 Å². The summed E-state index contributed by atoms with van der Waals surface area (Å²) in [6.45, 7) is 6.06. The monoisotopic (exact) mass is 211 g/mol. The van der Waals surface area contributed by atoms with Crippen LogP contribution in [0.15, 0.2) is 4.42 Å². The second-order valence-corrected chi connectivity index (χ2v) is 4.04. The van der Waals surface area contributed by atoms with Gasteiger partial charge in [0, 0.05) is 6.42 Å². The molecule has 4 nitrogen and oxygen atoms in total. The zero-order valence-electron chi connectivity index (χ0n) is 9.41. The summed E-state index contributed by atoms with van der Waals surface area (Å²) < 4.78 is 5.21. The van der Waals surface area contributed by atoms with Gasteiger partial charge in [0.25, 0.3) is 0 Å². The normalized spacial score (nSPS) is 10.9. The number of rotatable bonds is 5. The number of carboxylic acid groups (broad SMARTS) is 1. The van der Waals surface area contributed by atoms with Crippen molar-refractivity contribution in [2.75, 3.05) is 0 Å². The van der Waals surface area contributed by atoms with Gasteiger partial charge in [0.1, 0.15) is 0 Å². The Morgan fingerprint density at radius 2 is 2.20 bits per heavy atom. The second-order valence-electron chi connectivity index (χ2n) is 4.04. The lowest BCUT2D eigenvalue weighted by Crippen LogP contribution is -2.03. The molecule has 0 bridgehead atoms. The van der Waals surface area contributed by atoms with E-state index in [1.807, 2.05) is 20.8 Å². The molecule has 0 unspecified atom stereocenters. The molecule has 84 valence electrons. The number of aromatic nitrogens is 1. The van der Waals surface area contributed by atoms with Crippen LogP contribution in [0.2, 0.25) is 0 Å². The Balaban J connectivity index is 2.95. The van der Waals surface area contributed by atoms with E-state index in [4.69, 9.17) is 9.52 Å². The highest BCUT2D eigenvalue weighted by atomic mass is 16.4. The van der Waals surface area contributed by atoms with Gasteiger partial charge in [0.05, 0.1) is 5.69 Å². The molecule has 1 aromatic rings. The van der Waals surface area contributed by atoms with Gasteiger partial charge >= 0.3 is 5.97 Å². The number of aryl methyl sites for hydroxylation is 1. The van der Waals surface area contributed by atoms with Crippen molar-refractivity contribution in [1.29, 1.82) is 0 Å². The van der Waals surface area contributed by atoms with E-state index < -0.39 is 5.97 Å². The Bertz CT molecular complexity index is 342. The average molecular weight is 211 g/mol. The highest BCUT2D eigenvalue weighted by Crippen LogP contribution is 2.16. The molecule has 0 aliphatic rings. The van der Waals surface area contributed by atoms with Crippen molar-refractivity contribution in [3.63, 3.8) is 0 Å². The van der Waals surface area contributed by atoms with Gasteiger partial charge in [-0.3, -0.25) is 0 Å². The third kappa shape index (κ3) is 3.08. The number of oxazole rings is 1. The van der Waals surface area contributed by atoms with E-state index in [-0.39, 0.29) is 5.76 Å². The molecule has 0 spiro atoms. The highest BCUT2D eigenvalue weighted by Gasteiger charge is 2.19. The zero-order valence-corrected chi connectivity index (χ0v) is 9.41. The Labute approximate surface area is 89.3 Å². The molecular weight excluding hydrogens is 194 g/mol. The minimum absolute atomic E-state index is 0.00662. The smallest absolute Gasteiger partial charge is 0.373 e. The maximum atomic E-state index is 10.9. The van der Waals surface area contributed by atoms with Crippen molar-refractivity contribution >= 4 is 5.97 Å². The maximum Gasteiger partial charge on any atom is 0.373 e. The van der Waals surface area contributed by atoms with Crippen molar-refractivity contribution in [1.82, 2.24) is 4.98 Å². The average Bonchev–Trinajstić information content (AvgIpc) is 2.47. The molecule has 0 saturated heterocycles. The summed E-state index contributed by atoms with van der Waals surface area (Å²) in [5.41, 5.74) is 0.570. The fraction of sp³-hybridized carbons (Fsp3) is 0.636. The van der Waals surface area contributed by atoms with Crippen LogP contribution in [0.4, 0.5) is 0 Å². The summed E-state index contributed by atoms with van der Waals surface area (Å²) in [4.78, 5) is 15.1. The summed E-state index contributed by atoms with van der Waals surface area (Å²) in [7, 11) is 0. The lowest BCUT2D eigenvalue weighted by atomic mass is 10.1. The number of hydrogen-bond donors (Lipinski definition) is 1. The van der Waals surface area contributed by atoms with Crippen molar-refractivity contribution in [2.45, 2.75) is 40.0 Å². The number of hydrogen-bond acceptors (Lipinski definition) is 3. The van der Waals surface area contributed by atoms with E-state index in [9.17, 15) is 4.79 Å². The zero-order chi connectivity index (χ0) is 11.4.